The number of rotatable bonds is 6. The zero-order chi connectivity index (χ0) is 20.0. The van der Waals surface area contributed by atoms with Crippen molar-refractivity contribution in [3.63, 3.8) is 0 Å². The van der Waals surface area contributed by atoms with Crippen LogP contribution in [0.1, 0.15) is 26.2 Å². The summed E-state index contributed by atoms with van der Waals surface area (Å²) >= 11 is 0. The monoisotopic (exact) mass is 400 g/mol. The van der Waals surface area contributed by atoms with Gasteiger partial charge in [0, 0.05) is 19.4 Å². The summed E-state index contributed by atoms with van der Waals surface area (Å²) in [6, 6.07) is 4.64. The third kappa shape index (κ3) is 4.96. The fraction of sp³-hybridized carbons (Fsp3) is 0.529. The van der Waals surface area contributed by atoms with Gasteiger partial charge in [-0.1, -0.05) is 6.42 Å². The first-order chi connectivity index (χ1) is 12.8. The Kier molecular flexibility index (Phi) is 7.17. The molecule has 1 amide bonds. The number of sulfonamides is 1. The Balaban J connectivity index is 2.41. The summed E-state index contributed by atoms with van der Waals surface area (Å²) in [5.74, 6) is -1.45. The zero-order valence-electron chi connectivity index (χ0n) is 15.3. The third-order valence-electron chi connectivity index (χ3n) is 4.51. The van der Waals surface area contributed by atoms with Crippen LogP contribution in [0, 0.1) is 5.92 Å². The second-order valence-corrected chi connectivity index (χ2v) is 8.16. The number of nitrogens with one attached hydrogen (secondary N) is 1. The molecule has 0 spiro atoms. The van der Waals surface area contributed by atoms with E-state index >= 15 is 0 Å². The third-order valence-corrected chi connectivity index (χ3v) is 6.40. The van der Waals surface area contributed by atoms with Crippen molar-refractivity contribution in [1.82, 2.24) is 9.79 Å². The molecule has 0 aromatic heterocycles. The normalized spacial score (nSPS) is 21.1. The second kappa shape index (κ2) is 9.16. The minimum absolute atomic E-state index is 0.00664. The molecule has 9 nitrogen and oxygen atoms in total. The molecule has 0 bridgehead atoms. The molecule has 1 aromatic carbocycles. The number of benzene rings is 1. The number of hydrogen-bond donors (Lipinski definition) is 2. The Labute approximate surface area is 158 Å². The molecule has 10 heteroatoms. The summed E-state index contributed by atoms with van der Waals surface area (Å²) in [7, 11) is -2.55. The van der Waals surface area contributed by atoms with Crippen LogP contribution in [-0.4, -0.2) is 56.1 Å². The molecule has 1 heterocycles. The summed E-state index contributed by atoms with van der Waals surface area (Å²) in [6.07, 6.45) is 1.69. The molecule has 2 unspecified atom stereocenters. The summed E-state index contributed by atoms with van der Waals surface area (Å²) in [5, 5.41) is 9.15. The molecular weight excluding hydrogens is 376 g/mol. The van der Waals surface area contributed by atoms with Crippen LogP contribution in [0.25, 0.3) is 0 Å². The predicted octanol–water partition coefficient (Wildman–Crippen LogP) is 0.923. The van der Waals surface area contributed by atoms with Gasteiger partial charge in [-0.25, -0.2) is 13.9 Å². The number of amides is 1. The number of esters is 1. The van der Waals surface area contributed by atoms with Crippen LogP contribution in [0.3, 0.4) is 0 Å². The van der Waals surface area contributed by atoms with E-state index in [0.717, 1.165) is 4.31 Å². The molecule has 1 aromatic rings. The van der Waals surface area contributed by atoms with E-state index in [-0.39, 0.29) is 18.0 Å². The summed E-state index contributed by atoms with van der Waals surface area (Å²) < 4.78 is 37.5. The lowest BCUT2D eigenvalue weighted by atomic mass is 9.96. The molecule has 1 aliphatic heterocycles. The highest BCUT2D eigenvalue weighted by atomic mass is 32.2. The SMILES string of the molecule is COc1ccc(S(=O)(=O)N2CCCCC(COC(C)=O)C2C(=O)NO)cc1. The second-order valence-electron chi connectivity index (χ2n) is 6.27. The number of hydrogen-bond acceptors (Lipinski definition) is 7. The lowest BCUT2D eigenvalue weighted by Crippen LogP contribution is -2.53. The molecule has 27 heavy (non-hydrogen) atoms. The molecule has 2 atom stereocenters. The Morgan fingerprint density at radius 3 is 2.48 bits per heavy atom. The van der Waals surface area contributed by atoms with Gasteiger partial charge < -0.3 is 9.47 Å². The van der Waals surface area contributed by atoms with Crippen LogP contribution < -0.4 is 10.2 Å². The van der Waals surface area contributed by atoms with Crippen molar-refractivity contribution in [2.24, 2.45) is 5.92 Å². The molecule has 1 aliphatic rings. The van der Waals surface area contributed by atoms with E-state index in [0.29, 0.717) is 25.0 Å². The average molecular weight is 400 g/mol. The molecule has 1 saturated heterocycles. The van der Waals surface area contributed by atoms with Crippen LogP contribution in [0.5, 0.6) is 5.75 Å². The van der Waals surface area contributed by atoms with Gasteiger partial charge in [0.1, 0.15) is 11.8 Å². The predicted molar refractivity (Wildman–Crippen MR) is 94.6 cm³/mol. The minimum Gasteiger partial charge on any atom is -0.497 e. The Morgan fingerprint density at radius 1 is 1.26 bits per heavy atom. The molecular formula is C17H24N2O7S. The van der Waals surface area contributed by atoms with E-state index in [1.807, 2.05) is 0 Å². The number of nitrogens with zero attached hydrogens (tertiary/aromatic N) is 1. The van der Waals surface area contributed by atoms with Crippen LogP contribution >= 0.6 is 0 Å². The van der Waals surface area contributed by atoms with E-state index in [1.165, 1.54) is 38.3 Å². The average Bonchev–Trinajstić information content (AvgIpc) is 2.88. The number of methoxy groups -OCH3 is 1. The van der Waals surface area contributed by atoms with Gasteiger partial charge in [-0.2, -0.15) is 4.31 Å². The van der Waals surface area contributed by atoms with Crippen LogP contribution in [0.15, 0.2) is 29.2 Å². The quantitative estimate of drug-likeness (QED) is 0.414. The highest BCUT2D eigenvalue weighted by Crippen LogP contribution is 2.30. The highest BCUT2D eigenvalue weighted by molar-refractivity contribution is 7.89. The largest absolute Gasteiger partial charge is 0.497 e. The number of hydroxylamine groups is 1. The first-order valence-electron chi connectivity index (χ1n) is 8.54. The van der Waals surface area contributed by atoms with E-state index < -0.39 is 33.9 Å². The van der Waals surface area contributed by atoms with E-state index in [1.54, 1.807) is 5.48 Å². The fourth-order valence-electron chi connectivity index (χ4n) is 3.17. The van der Waals surface area contributed by atoms with E-state index in [4.69, 9.17) is 14.7 Å². The van der Waals surface area contributed by atoms with Gasteiger partial charge in [-0.3, -0.25) is 14.8 Å². The van der Waals surface area contributed by atoms with Crippen molar-refractivity contribution in [3.05, 3.63) is 24.3 Å². The van der Waals surface area contributed by atoms with Crippen LogP contribution in [-0.2, 0) is 24.3 Å². The molecule has 0 saturated carbocycles. The molecule has 150 valence electrons. The lowest BCUT2D eigenvalue weighted by Gasteiger charge is -2.32. The molecule has 0 aliphatic carbocycles. The Bertz CT molecular complexity index is 764. The Hall–Kier alpha value is -2.17. The van der Waals surface area contributed by atoms with Gasteiger partial charge in [-0.05, 0) is 37.1 Å². The van der Waals surface area contributed by atoms with E-state index in [9.17, 15) is 18.0 Å². The van der Waals surface area contributed by atoms with Crippen molar-refractivity contribution in [1.29, 1.82) is 0 Å². The van der Waals surface area contributed by atoms with Crippen molar-refractivity contribution in [2.75, 3.05) is 20.3 Å². The molecule has 0 radical (unpaired) electrons. The minimum atomic E-state index is -4.02. The van der Waals surface area contributed by atoms with Gasteiger partial charge in [0.25, 0.3) is 5.91 Å². The number of ether oxygens (including phenoxy) is 2. The smallest absolute Gasteiger partial charge is 0.302 e. The number of carbonyl (C=O) groups is 2. The van der Waals surface area contributed by atoms with Crippen molar-refractivity contribution in [3.8, 4) is 5.75 Å². The summed E-state index contributed by atoms with van der Waals surface area (Å²) in [6.45, 7) is 1.24. The zero-order valence-corrected chi connectivity index (χ0v) is 16.1. The first-order valence-corrected chi connectivity index (χ1v) is 9.98. The maximum absolute atomic E-state index is 13.2. The first kappa shape index (κ1) is 21.1. The number of carbonyl (C=O) groups excluding carboxylic acids is 2. The van der Waals surface area contributed by atoms with Gasteiger partial charge in [0.2, 0.25) is 10.0 Å². The maximum atomic E-state index is 13.2. The fourth-order valence-corrected chi connectivity index (χ4v) is 4.86. The van der Waals surface area contributed by atoms with Crippen molar-refractivity contribution >= 4 is 21.9 Å². The van der Waals surface area contributed by atoms with Crippen molar-refractivity contribution < 1.29 is 32.7 Å². The summed E-state index contributed by atoms with van der Waals surface area (Å²) in [5.41, 5.74) is 1.55. The molecule has 2 rings (SSSR count). The van der Waals surface area contributed by atoms with Gasteiger partial charge in [-0.15, -0.1) is 0 Å². The van der Waals surface area contributed by atoms with Crippen LogP contribution in [0.4, 0.5) is 0 Å². The maximum Gasteiger partial charge on any atom is 0.302 e. The molecule has 1 fully saturated rings. The standard InChI is InChI=1S/C17H24N2O7S/c1-12(20)26-11-13-5-3-4-10-19(16(13)17(21)18-22)27(23,24)15-8-6-14(25-2)7-9-15/h6-9,13,16,22H,3-5,10-11H2,1-2H3,(H,18,21). The van der Waals surface area contributed by atoms with Crippen LogP contribution in [0.2, 0.25) is 0 Å². The van der Waals surface area contributed by atoms with Gasteiger partial charge in [0.05, 0.1) is 18.6 Å². The van der Waals surface area contributed by atoms with Gasteiger partial charge in [0.15, 0.2) is 0 Å². The van der Waals surface area contributed by atoms with Crippen molar-refractivity contribution in [2.45, 2.75) is 37.1 Å². The summed E-state index contributed by atoms with van der Waals surface area (Å²) in [4.78, 5) is 23.5. The highest BCUT2D eigenvalue weighted by Gasteiger charge is 2.42. The Morgan fingerprint density at radius 2 is 1.93 bits per heavy atom. The topological polar surface area (TPSA) is 122 Å². The van der Waals surface area contributed by atoms with E-state index in [2.05, 4.69) is 0 Å². The lowest BCUT2D eigenvalue weighted by molar-refractivity contribution is -0.145. The van der Waals surface area contributed by atoms with Gasteiger partial charge >= 0.3 is 5.97 Å². The molecule has 2 N–H and O–H groups in total.